The van der Waals surface area contributed by atoms with E-state index >= 15 is 0 Å². The van der Waals surface area contributed by atoms with Gasteiger partial charge in [0, 0.05) is 18.7 Å². The van der Waals surface area contributed by atoms with Crippen molar-refractivity contribution in [1.29, 1.82) is 0 Å². The van der Waals surface area contributed by atoms with Crippen LogP contribution in [-0.4, -0.2) is 39.1 Å². The van der Waals surface area contributed by atoms with Crippen molar-refractivity contribution in [2.24, 2.45) is 0 Å². The maximum Gasteiger partial charge on any atom is 0.261 e. The highest BCUT2D eigenvalue weighted by Gasteiger charge is 2.30. The third kappa shape index (κ3) is 4.35. The highest BCUT2D eigenvalue weighted by Crippen LogP contribution is 2.29. The van der Waals surface area contributed by atoms with E-state index in [9.17, 15) is 4.79 Å². The number of hydrogen-bond donors (Lipinski definition) is 0. The number of likely N-dealkylation sites (tertiary alicyclic amines) is 1. The number of amides is 1. The van der Waals surface area contributed by atoms with E-state index < -0.39 is 0 Å². The highest BCUT2D eigenvalue weighted by molar-refractivity contribution is 5.78. The molecule has 1 saturated heterocycles. The number of hydrogen-bond acceptors (Lipinski definition) is 6. The molecule has 0 aliphatic carbocycles. The van der Waals surface area contributed by atoms with Crippen molar-refractivity contribution < 1.29 is 14.1 Å². The van der Waals surface area contributed by atoms with Crippen molar-refractivity contribution in [3.05, 3.63) is 36.2 Å². The van der Waals surface area contributed by atoms with Gasteiger partial charge in [0.05, 0.1) is 12.2 Å². The third-order valence-corrected chi connectivity index (χ3v) is 4.32. The number of aromatic nitrogens is 3. The van der Waals surface area contributed by atoms with E-state index in [2.05, 4.69) is 15.1 Å². The van der Waals surface area contributed by atoms with E-state index in [4.69, 9.17) is 9.26 Å². The summed E-state index contributed by atoms with van der Waals surface area (Å²) < 4.78 is 10.9. The molecule has 25 heavy (non-hydrogen) atoms. The first kappa shape index (κ1) is 17.4. The van der Waals surface area contributed by atoms with Crippen LogP contribution < -0.4 is 4.74 Å². The summed E-state index contributed by atoms with van der Waals surface area (Å²) in [6, 6.07) is 3.42. The zero-order chi connectivity index (χ0) is 17.6. The van der Waals surface area contributed by atoms with Gasteiger partial charge in [-0.25, -0.2) is 0 Å². The van der Waals surface area contributed by atoms with Crippen molar-refractivity contribution in [2.45, 2.75) is 51.5 Å². The SMILES string of the molecule is CC(C)c1nc([C@@H]2CCCCCN2C(=O)COc2cccnc2)no1. The van der Waals surface area contributed by atoms with E-state index in [0.717, 1.165) is 25.7 Å². The first-order chi connectivity index (χ1) is 12.1. The topological polar surface area (TPSA) is 81.4 Å². The average Bonchev–Trinajstić information content (AvgIpc) is 2.99. The lowest BCUT2D eigenvalue weighted by molar-refractivity contribution is -0.136. The molecule has 0 saturated carbocycles. The number of rotatable bonds is 5. The number of carbonyl (C=O) groups excluding carboxylic acids is 1. The van der Waals surface area contributed by atoms with Crippen molar-refractivity contribution in [3.8, 4) is 5.75 Å². The van der Waals surface area contributed by atoms with Crippen LogP contribution in [0.25, 0.3) is 0 Å². The van der Waals surface area contributed by atoms with Gasteiger partial charge in [-0.3, -0.25) is 9.78 Å². The van der Waals surface area contributed by atoms with Gasteiger partial charge in [-0.15, -0.1) is 0 Å². The van der Waals surface area contributed by atoms with Gasteiger partial charge in [0.2, 0.25) is 5.89 Å². The summed E-state index contributed by atoms with van der Waals surface area (Å²) in [5.41, 5.74) is 0. The normalized spacial score (nSPS) is 18.2. The van der Waals surface area contributed by atoms with Crippen LogP contribution in [0.4, 0.5) is 0 Å². The zero-order valence-corrected chi connectivity index (χ0v) is 14.7. The highest BCUT2D eigenvalue weighted by atomic mass is 16.5. The van der Waals surface area contributed by atoms with E-state index in [1.807, 2.05) is 18.7 Å². The monoisotopic (exact) mass is 344 g/mol. The van der Waals surface area contributed by atoms with Crippen LogP contribution in [0.15, 0.2) is 29.0 Å². The number of pyridine rings is 1. The van der Waals surface area contributed by atoms with E-state index in [-0.39, 0.29) is 24.5 Å². The molecular formula is C18H24N4O3. The van der Waals surface area contributed by atoms with Crippen molar-refractivity contribution >= 4 is 5.91 Å². The molecule has 0 radical (unpaired) electrons. The van der Waals surface area contributed by atoms with Gasteiger partial charge < -0.3 is 14.2 Å². The Labute approximate surface area is 147 Å². The Bertz CT molecular complexity index is 687. The summed E-state index contributed by atoms with van der Waals surface area (Å²) in [5.74, 6) is 1.90. The van der Waals surface area contributed by atoms with Crippen LogP contribution in [0.1, 0.15) is 63.2 Å². The molecule has 0 N–H and O–H groups in total. The first-order valence-corrected chi connectivity index (χ1v) is 8.81. The van der Waals surface area contributed by atoms with Crippen LogP contribution in [0.2, 0.25) is 0 Å². The smallest absolute Gasteiger partial charge is 0.261 e. The summed E-state index contributed by atoms with van der Waals surface area (Å²) >= 11 is 0. The predicted octanol–water partition coefficient (Wildman–Crippen LogP) is 3.11. The second-order valence-corrected chi connectivity index (χ2v) is 6.58. The molecule has 1 aliphatic heterocycles. The fraction of sp³-hybridized carbons (Fsp3) is 0.556. The molecule has 7 heteroatoms. The molecule has 0 aromatic carbocycles. The number of nitrogens with zero attached hydrogens (tertiary/aromatic N) is 4. The first-order valence-electron chi connectivity index (χ1n) is 8.81. The maximum absolute atomic E-state index is 12.7. The lowest BCUT2D eigenvalue weighted by atomic mass is 10.1. The van der Waals surface area contributed by atoms with Gasteiger partial charge in [0.25, 0.3) is 5.91 Å². The molecule has 2 aromatic rings. The lowest BCUT2D eigenvalue weighted by Gasteiger charge is -2.27. The summed E-state index contributed by atoms with van der Waals surface area (Å²) in [4.78, 5) is 23.1. The van der Waals surface area contributed by atoms with Crippen LogP contribution in [0.5, 0.6) is 5.75 Å². The van der Waals surface area contributed by atoms with E-state index in [0.29, 0.717) is 24.0 Å². The second kappa shape index (κ2) is 8.09. The van der Waals surface area contributed by atoms with Gasteiger partial charge in [-0.05, 0) is 25.0 Å². The molecule has 1 atom stereocenters. The minimum Gasteiger partial charge on any atom is -0.482 e. The molecule has 3 heterocycles. The van der Waals surface area contributed by atoms with Crippen LogP contribution in [0.3, 0.4) is 0 Å². The molecule has 7 nitrogen and oxygen atoms in total. The van der Waals surface area contributed by atoms with Gasteiger partial charge in [0.15, 0.2) is 12.4 Å². The molecule has 134 valence electrons. The van der Waals surface area contributed by atoms with Gasteiger partial charge in [0.1, 0.15) is 5.75 Å². The second-order valence-electron chi connectivity index (χ2n) is 6.58. The van der Waals surface area contributed by atoms with E-state index in [1.54, 1.807) is 24.5 Å². The Hall–Kier alpha value is -2.44. The van der Waals surface area contributed by atoms with Crippen molar-refractivity contribution in [2.75, 3.05) is 13.2 Å². The third-order valence-electron chi connectivity index (χ3n) is 4.32. The van der Waals surface area contributed by atoms with E-state index in [1.165, 1.54) is 0 Å². The van der Waals surface area contributed by atoms with Gasteiger partial charge >= 0.3 is 0 Å². The summed E-state index contributed by atoms with van der Waals surface area (Å²) in [6.45, 7) is 4.69. The Balaban J connectivity index is 1.71. The molecule has 0 spiro atoms. The standard InChI is InChI=1S/C18H24N4O3/c1-13(2)18-20-17(21-25-18)15-8-4-3-5-10-22(15)16(23)12-24-14-7-6-9-19-11-14/h6-7,9,11,13,15H,3-5,8,10,12H2,1-2H3/t15-/m0/s1. The Morgan fingerprint density at radius 2 is 2.28 bits per heavy atom. The summed E-state index contributed by atoms with van der Waals surface area (Å²) in [6.07, 6.45) is 7.23. The number of ether oxygens (including phenoxy) is 1. The van der Waals surface area contributed by atoms with Gasteiger partial charge in [-0.2, -0.15) is 4.98 Å². The molecule has 0 bridgehead atoms. The molecule has 3 rings (SSSR count). The summed E-state index contributed by atoms with van der Waals surface area (Å²) in [5, 5.41) is 4.12. The Kier molecular flexibility index (Phi) is 5.63. The van der Waals surface area contributed by atoms with Crippen molar-refractivity contribution in [1.82, 2.24) is 20.0 Å². The molecule has 0 unspecified atom stereocenters. The van der Waals surface area contributed by atoms with Crippen LogP contribution >= 0.6 is 0 Å². The van der Waals surface area contributed by atoms with Crippen LogP contribution in [0, 0.1) is 0 Å². The molecule has 1 fully saturated rings. The zero-order valence-electron chi connectivity index (χ0n) is 14.7. The molecule has 1 aliphatic rings. The lowest BCUT2D eigenvalue weighted by Crippen LogP contribution is -2.38. The maximum atomic E-state index is 12.7. The molecule has 1 amide bonds. The molecule has 2 aromatic heterocycles. The fourth-order valence-corrected chi connectivity index (χ4v) is 2.95. The molecular weight excluding hydrogens is 320 g/mol. The Morgan fingerprint density at radius 3 is 3.00 bits per heavy atom. The largest absolute Gasteiger partial charge is 0.482 e. The van der Waals surface area contributed by atoms with Crippen LogP contribution in [-0.2, 0) is 4.79 Å². The minimum atomic E-state index is -0.149. The minimum absolute atomic E-state index is 0.0168. The van der Waals surface area contributed by atoms with Crippen molar-refractivity contribution in [3.63, 3.8) is 0 Å². The average molecular weight is 344 g/mol. The fourth-order valence-electron chi connectivity index (χ4n) is 2.95. The Morgan fingerprint density at radius 1 is 1.40 bits per heavy atom. The van der Waals surface area contributed by atoms with Gasteiger partial charge in [-0.1, -0.05) is 31.8 Å². The predicted molar refractivity (Wildman–Crippen MR) is 91.0 cm³/mol. The summed E-state index contributed by atoms with van der Waals surface area (Å²) in [7, 11) is 0. The quantitative estimate of drug-likeness (QED) is 0.829. The number of carbonyl (C=O) groups is 1.